The molecule has 0 aliphatic heterocycles. The Morgan fingerprint density at radius 2 is 1.96 bits per heavy atom. The molecule has 0 aliphatic rings. The lowest BCUT2D eigenvalue weighted by atomic mass is 9.98. The first-order chi connectivity index (χ1) is 11.0. The smallest absolute Gasteiger partial charge is 0.343 e. The Morgan fingerprint density at radius 1 is 1.26 bits per heavy atom. The Morgan fingerprint density at radius 3 is 2.52 bits per heavy atom. The monoisotopic (exact) mass is 311 g/mol. The molecule has 0 fully saturated rings. The first-order valence-corrected chi connectivity index (χ1v) is 7.54. The zero-order valence-electron chi connectivity index (χ0n) is 13.2. The zero-order valence-corrected chi connectivity index (χ0v) is 13.2. The average Bonchev–Trinajstić information content (AvgIpc) is 2.55. The van der Waals surface area contributed by atoms with Crippen LogP contribution in [-0.4, -0.2) is 5.97 Å². The molecule has 1 unspecified atom stereocenters. The van der Waals surface area contributed by atoms with Crippen molar-refractivity contribution in [2.75, 3.05) is 0 Å². The molecule has 2 aromatic rings. The molecular weight excluding hydrogens is 293 g/mol. The molecule has 2 rings (SSSR count). The van der Waals surface area contributed by atoms with E-state index >= 15 is 0 Å². The minimum Gasteiger partial charge on any atom is -0.423 e. The number of carbonyl (C=O) groups is 1. The lowest BCUT2D eigenvalue weighted by Gasteiger charge is -2.09. The van der Waals surface area contributed by atoms with E-state index in [1.54, 1.807) is 18.2 Å². The van der Waals surface area contributed by atoms with Gasteiger partial charge in [0, 0.05) is 6.07 Å². The standard InChI is InChI=1S/C19H18FNO2/c1-3-13(2)10-14-4-6-15(7-5-14)19(22)23-17-9-8-16(12-21)18(20)11-17/h4-9,11,13H,3,10H2,1-2H3. The Balaban J connectivity index is 2.06. The van der Waals surface area contributed by atoms with E-state index in [1.165, 1.54) is 17.7 Å². The van der Waals surface area contributed by atoms with Gasteiger partial charge in [0.1, 0.15) is 17.6 Å². The number of rotatable bonds is 5. The van der Waals surface area contributed by atoms with Gasteiger partial charge in [0.25, 0.3) is 0 Å². The Bertz CT molecular complexity index is 732. The molecule has 0 radical (unpaired) electrons. The number of hydrogen-bond donors (Lipinski definition) is 0. The lowest BCUT2D eigenvalue weighted by Crippen LogP contribution is -2.09. The highest BCUT2D eigenvalue weighted by molar-refractivity contribution is 5.91. The predicted molar refractivity (Wildman–Crippen MR) is 85.7 cm³/mol. The second-order valence-electron chi connectivity index (χ2n) is 5.56. The molecule has 0 spiro atoms. The lowest BCUT2D eigenvalue weighted by molar-refractivity contribution is 0.0734. The van der Waals surface area contributed by atoms with Crippen LogP contribution in [0.4, 0.5) is 4.39 Å². The second kappa shape index (κ2) is 7.55. The number of nitriles is 1. The average molecular weight is 311 g/mol. The first-order valence-electron chi connectivity index (χ1n) is 7.54. The fraction of sp³-hybridized carbons (Fsp3) is 0.263. The Hall–Kier alpha value is -2.67. The molecule has 0 bridgehead atoms. The summed E-state index contributed by atoms with van der Waals surface area (Å²) in [6.07, 6.45) is 2.07. The maximum absolute atomic E-state index is 13.5. The van der Waals surface area contributed by atoms with Crippen LogP contribution in [0.5, 0.6) is 5.75 Å². The minimum atomic E-state index is -0.707. The van der Waals surface area contributed by atoms with Crippen LogP contribution in [0.2, 0.25) is 0 Å². The van der Waals surface area contributed by atoms with E-state index in [1.807, 2.05) is 12.1 Å². The molecule has 0 saturated heterocycles. The third-order valence-corrected chi connectivity index (χ3v) is 3.74. The number of hydrogen-bond acceptors (Lipinski definition) is 3. The van der Waals surface area contributed by atoms with Gasteiger partial charge in [-0.25, -0.2) is 9.18 Å². The Kier molecular flexibility index (Phi) is 5.48. The van der Waals surface area contributed by atoms with E-state index in [-0.39, 0.29) is 11.3 Å². The highest BCUT2D eigenvalue weighted by Gasteiger charge is 2.11. The summed E-state index contributed by atoms with van der Waals surface area (Å²) < 4.78 is 18.6. The highest BCUT2D eigenvalue weighted by Crippen LogP contribution is 2.18. The molecule has 0 aromatic heterocycles. The quantitative estimate of drug-likeness (QED) is 0.603. The summed E-state index contributed by atoms with van der Waals surface area (Å²) >= 11 is 0. The summed E-state index contributed by atoms with van der Waals surface area (Å²) in [6, 6.07) is 12.7. The third kappa shape index (κ3) is 4.40. The van der Waals surface area contributed by atoms with Crippen LogP contribution in [0.25, 0.3) is 0 Å². The van der Waals surface area contributed by atoms with E-state index in [0.717, 1.165) is 18.9 Å². The predicted octanol–water partition coefficient (Wildman–Crippen LogP) is 4.51. The first kappa shape index (κ1) is 16.7. The number of esters is 1. The summed E-state index contributed by atoms with van der Waals surface area (Å²) in [6.45, 7) is 4.33. The fourth-order valence-corrected chi connectivity index (χ4v) is 2.14. The van der Waals surface area contributed by atoms with Crippen LogP contribution >= 0.6 is 0 Å². The van der Waals surface area contributed by atoms with Gasteiger partial charge in [0.15, 0.2) is 0 Å². The van der Waals surface area contributed by atoms with Crippen LogP contribution in [-0.2, 0) is 6.42 Å². The van der Waals surface area contributed by atoms with Crippen LogP contribution in [0.1, 0.15) is 41.8 Å². The molecule has 0 heterocycles. The van der Waals surface area contributed by atoms with Gasteiger partial charge >= 0.3 is 5.97 Å². The van der Waals surface area contributed by atoms with Gasteiger partial charge in [0.2, 0.25) is 0 Å². The van der Waals surface area contributed by atoms with E-state index < -0.39 is 11.8 Å². The van der Waals surface area contributed by atoms with Crippen molar-refractivity contribution in [3.05, 3.63) is 65.0 Å². The molecular formula is C19H18FNO2. The molecule has 0 N–H and O–H groups in total. The SMILES string of the molecule is CCC(C)Cc1ccc(C(=O)Oc2ccc(C#N)c(F)c2)cc1. The fourth-order valence-electron chi connectivity index (χ4n) is 2.14. The third-order valence-electron chi connectivity index (χ3n) is 3.74. The van der Waals surface area contributed by atoms with Crippen molar-refractivity contribution in [2.45, 2.75) is 26.7 Å². The van der Waals surface area contributed by atoms with Gasteiger partial charge < -0.3 is 4.74 Å². The molecule has 2 aromatic carbocycles. The van der Waals surface area contributed by atoms with Gasteiger partial charge in [-0.15, -0.1) is 0 Å². The molecule has 0 aliphatic carbocycles. The van der Waals surface area contributed by atoms with Crippen molar-refractivity contribution in [2.24, 2.45) is 5.92 Å². The van der Waals surface area contributed by atoms with Crippen molar-refractivity contribution in [1.82, 2.24) is 0 Å². The van der Waals surface area contributed by atoms with Crippen LogP contribution in [0.15, 0.2) is 42.5 Å². The van der Waals surface area contributed by atoms with Gasteiger partial charge in [-0.05, 0) is 42.2 Å². The van der Waals surface area contributed by atoms with Crippen molar-refractivity contribution in [3.63, 3.8) is 0 Å². The van der Waals surface area contributed by atoms with Gasteiger partial charge in [-0.2, -0.15) is 5.26 Å². The highest BCUT2D eigenvalue weighted by atomic mass is 19.1. The van der Waals surface area contributed by atoms with Crippen molar-refractivity contribution in [3.8, 4) is 11.8 Å². The van der Waals surface area contributed by atoms with Crippen LogP contribution < -0.4 is 4.74 Å². The van der Waals surface area contributed by atoms with Crippen LogP contribution in [0.3, 0.4) is 0 Å². The largest absolute Gasteiger partial charge is 0.423 e. The molecule has 0 saturated carbocycles. The number of benzene rings is 2. The Labute approximate surface area is 135 Å². The zero-order chi connectivity index (χ0) is 16.8. The normalized spacial score (nSPS) is 11.6. The van der Waals surface area contributed by atoms with Crippen LogP contribution in [0, 0.1) is 23.1 Å². The molecule has 1 atom stereocenters. The molecule has 4 heteroatoms. The topological polar surface area (TPSA) is 50.1 Å². The summed E-state index contributed by atoms with van der Waals surface area (Å²) in [7, 11) is 0. The minimum absolute atomic E-state index is 0.0789. The van der Waals surface area contributed by atoms with Gasteiger partial charge in [-0.3, -0.25) is 0 Å². The number of nitrogens with zero attached hydrogens (tertiary/aromatic N) is 1. The number of halogens is 1. The van der Waals surface area contributed by atoms with E-state index in [4.69, 9.17) is 10.00 Å². The summed E-state index contributed by atoms with van der Waals surface area (Å²) in [5.74, 6) is -0.587. The second-order valence-corrected chi connectivity index (χ2v) is 5.56. The number of ether oxygens (including phenoxy) is 1. The van der Waals surface area contributed by atoms with E-state index in [0.29, 0.717) is 11.5 Å². The molecule has 0 amide bonds. The molecule has 23 heavy (non-hydrogen) atoms. The molecule has 3 nitrogen and oxygen atoms in total. The molecule has 118 valence electrons. The van der Waals surface area contributed by atoms with Gasteiger partial charge in [0.05, 0.1) is 11.1 Å². The van der Waals surface area contributed by atoms with E-state index in [2.05, 4.69) is 13.8 Å². The summed E-state index contributed by atoms with van der Waals surface area (Å²) in [5, 5.41) is 8.68. The maximum Gasteiger partial charge on any atom is 0.343 e. The van der Waals surface area contributed by atoms with Crippen molar-refractivity contribution >= 4 is 5.97 Å². The number of carbonyl (C=O) groups excluding carboxylic acids is 1. The van der Waals surface area contributed by atoms with Crippen molar-refractivity contribution in [1.29, 1.82) is 5.26 Å². The summed E-state index contributed by atoms with van der Waals surface area (Å²) in [4.78, 5) is 12.1. The van der Waals surface area contributed by atoms with Crippen molar-refractivity contribution < 1.29 is 13.9 Å². The summed E-state index contributed by atoms with van der Waals surface area (Å²) in [5.41, 5.74) is 1.49. The van der Waals surface area contributed by atoms with E-state index in [9.17, 15) is 9.18 Å². The van der Waals surface area contributed by atoms with Gasteiger partial charge in [-0.1, -0.05) is 32.4 Å². The maximum atomic E-state index is 13.5.